The Morgan fingerprint density at radius 3 is 2.65 bits per heavy atom. The van der Waals surface area contributed by atoms with E-state index in [1.165, 1.54) is 12.5 Å². The molecule has 0 spiro atoms. The molecule has 1 heterocycles. The molecule has 26 heavy (non-hydrogen) atoms. The first-order valence-electron chi connectivity index (χ1n) is 10.3. The Morgan fingerprint density at radius 1 is 1.35 bits per heavy atom. The number of ether oxygens (including phenoxy) is 2. The molecule has 1 saturated carbocycles. The highest BCUT2D eigenvalue weighted by molar-refractivity contribution is 5.66. The van der Waals surface area contributed by atoms with Gasteiger partial charge < -0.3 is 14.6 Å². The average molecular weight is 365 g/mol. The summed E-state index contributed by atoms with van der Waals surface area (Å²) in [5.74, 6) is 0.888. The van der Waals surface area contributed by atoms with Crippen LogP contribution in [0, 0.1) is 23.7 Å². The van der Waals surface area contributed by atoms with E-state index in [1.54, 1.807) is 0 Å². The van der Waals surface area contributed by atoms with E-state index in [2.05, 4.69) is 33.8 Å². The third-order valence-corrected chi connectivity index (χ3v) is 7.10. The fourth-order valence-electron chi connectivity index (χ4n) is 5.61. The highest BCUT2D eigenvalue weighted by Crippen LogP contribution is 2.52. The SMILES string of the molecule is CC(=O)OC1C[C@@]2(C)O[C@@H]2CC/C(C)=C\[C@@H]2[C@@H](C(C)C)CC[C@@](C)(O)[C@H]12. The lowest BCUT2D eigenvalue weighted by molar-refractivity contribution is -0.169. The second-order valence-electron chi connectivity index (χ2n) is 9.73. The zero-order valence-corrected chi connectivity index (χ0v) is 17.2. The summed E-state index contributed by atoms with van der Waals surface area (Å²) >= 11 is 0. The molecular formula is C22H36O4. The normalized spacial score (nSPS) is 48.0. The lowest BCUT2D eigenvalue weighted by Gasteiger charge is -2.50. The van der Waals surface area contributed by atoms with Crippen molar-refractivity contribution in [2.45, 2.75) is 97.1 Å². The van der Waals surface area contributed by atoms with Crippen LogP contribution >= 0.6 is 0 Å². The molecule has 0 aromatic rings. The zero-order chi connectivity index (χ0) is 19.3. The number of allylic oxidation sites excluding steroid dienone is 2. The van der Waals surface area contributed by atoms with Crippen molar-refractivity contribution < 1.29 is 19.4 Å². The first kappa shape index (κ1) is 19.9. The van der Waals surface area contributed by atoms with Gasteiger partial charge in [-0.3, -0.25) is 4.79 Å². The van der Waals surface area contributed by atoms with E-state index in [4.69, 9.17) is 9.47 Å². The van der Waals surface area contributed by atoms with Gasteiger partial charge in [-0.1, -0.05) is 25.5 Å². The fraction of sp³-hybridized carbons (Fsp3) is 0.864. The van der Waals surface area contributed by atoms with Gasteiger partial charge in [0.25, 0.3) is 0 Å². The lowest BCUT2D eigenvalue weighted by Crippen LogP contribution is -2.54. The summed E-state index contributed by atoms with van der Waals surface area (Å²) in [6.07, 6.45) is 6.79. The van der Waals surface area contributed by atoms with Gasteiger partial charge in [-0.25, -0.2) is 0 Å². The number of hydrogen-bond donors (Lipinski definition) is 1. The van der Waals surface area contributed by atoms with Gasteiger partial charge in [-0.2, -0.15) is 0 Å². The van der Waals surface area contributed by atoms with Crippen LogP contribution in [0.4, 0.5) is 0 Å². The summed E-state index contributed by atoms with van der Waals surface area (Å²) in [5, 5.41) is 11.3. The molecular weight excluding hydrogens is 328 g/mol. The number of aliphatic hydroxyl groups is 1. The molecule has 0 aromatic heterocycles. The topological polar surface area (TPSA) is 59.1 Å². The minimum absolute atomic E-state index is 0.0951. The number of rotatable bonds is 2. The van der Waals surface area contributed by atoms with Gasteiger partial charge in [0.15, 0.2) is 0 Å². The van der Waals surface area contributed by atoms with E-state index < -0.39 is 5.60 Å². The molecule has 1 aliphatic heterocycles. The van der Waals surface area contributed by atoms with E-state index in [0.29, 0.717) is 18.3 Å². The third kappa shape index (κ3) is 3.87. The summed E-state index contributed by atoms with van der Waals surface area (Å²) in [5.41, 5.74) is 0.292. The van der Waals surface area contributed by atoms with Crippen LogP contribution in [-0.4, -0.2) is 34.5 Å². The van der Waals surface area contributed by atoms with Crippen molar-refractivity contribution in [2.75, 3.05) is 0 Å². The Hall–Kier alpha value is -0.870. The Labute approximate surface area is 158 Å². The van der Waals surface area contributed by atoms with E-state index in [0.717, 1.165) is 25.7 Å². The van der Waals surface area contributed by atoms with Crippen molar-refractivity contribution in [1.82, 2.24) is 0 Å². The van der Waals surface area contributed by atoms with Gasteiger partial charge in [0.05, 0.1) is 17.3 Å². The first-order chi connectivity index (χ1) is 12.0. The maximum Gasteiger partial charge on any atom is 0.302 e. The number of epoxide rings is 1. The van der Waals surface area contributed by atoms with Crippen molar-refractivity contribution in [2.24, 2.45) is 23.7 Å². The molecule has 4 heteroatoms. The van der Waals surface area contributed by atoms with E-state index >= 15 is 0 Å². The number of hydrogen-bond acceptors (Lipinski definition) is 4. The molecule has 1 N–H and O–H groups in total. The summed E-state index contributed by atoms with van der Waals surface area (Å²) < 4.78 is 11.9. The molecule has 0 amide bonds. The standard InChI is InChI=1S/C22H36O4/c1-13(2)16-9-10-21(5,24)20-17(16)11-14(3)7-8-19-22(6,26-19)12-18(20)25-15(4)23/h11,13,16-20,24H,7-10,12H2,1-6H3/b14-11-/t16-,17-,18?,19-,20+,21-,22-/m1/s1. The van der Waals surface area contributed by atoms with Crippen LogP contribution in [0.5, 0.6) is 0 Å². The molecule has 148 valence electrons. The van der Waals surface area contributed by atoms with Crippen LogP contribution in [0.1, 0.15) is 73.6 Å². The van der Waals surface area contributed by atoms with Crippen LogP contribution in [0.25, 0.3) is 0 Å². The largest absolute Gasteiger partial charge is 0.462 e. The van der Waals surface area contributed by atoms with Crippen molar-refractivity contribution in [3.8, 4) is 0 Å². The number of carbonyl (C=O) groups is 1. The number of esters is 1. The highest BCUT2D eigenvalue weighted by atomic mass is 16.6. The summed E-state index contributed by atoms with van der Waals surface area (Å²) in [4.78, 5) is 11.9. The molecule has 0 aromatic carbocycles. The minimum Gasteiger partial charge on any atom is -0.462 e. The van der Waals surface area contributed by atoms with Crippen molar-refractivity contribution in [3.63, 3.8) is 0 Å². The van der Waals surface area contributed by atoms with Crippen LogP contribution in [-0.2, 0) is 14.3 Å². The lowest BCUT2D eigenvalue weighted by atomic mass is 9.59. The van der Waals surface area contributed by atoms with Gasteiger partial charge in [0, 0.05) is 19.3 Å². The smallest absolute Gasteiger partial charge is 0.302 e. The first-order valence-corrected chi connectivity index (χ1v) is 10.3. The van der Waals surface area contributed by atoms with Gasteiger partial charge in [-0.05, 0) is 64.2 Å². The summed E-state index contributed by atoms with van der Waals surface area (Å²) in [6, 6.07) is 0. The van der Waals surface area contributed by atoms with Crippen LogP contribution in [0.15, 0.2) is 11.6 Å². The van der Waals surface area contributed by atoms with Crippen molar-refractivity contribution in [3.05, 3.63) is 11.6 Å². The molecule has 1 unspecified atom stereocenters. The second-order valence-corrected chi connectivity index (χ2v) is 9.73. The van der Waals surface area contributed by atoms with Crippen molar-refractivity contribution in [1.29, 1.82) is 0 Å². The van der Waals surface area contributed by atoms with Gasteiger partial charge in [0.2, 0.25) is 0 Å². The van der Waals surface area contributed by atoms with E-state index in [1.807, 2.05) is 6.92 Å². The van der Waals surface area contributed by atoms with Gasteiger partial charge in [-0.15, -0.1) is 0 Å². The fourth-order valence-corrected chi connectivity index (χ4v) is 5.61. The van der Waals surface area contributed by atoms with Crippen LogP contribution in [0.3, 0.4) is 0 Å². The summed E-state index contributed by atoms with van der Waals surface area (Å²) in [7, 11) is 0. The average Bonchev–Trinajstić information content (AvgIpc) is 3.12. The highest BCUT2D eigenvalue weighted by Gasteiger charge is 2.58. The Kier molecular flexibility index (Phi) is 5.31. The molecule has 2 aliphatic carbocycles. The predicted octanol–water partition coefficient (Wildman–Crippen LogP) is 4.26. The van der Waals surface area contributed by atoms with Gasteiger partial charge in [0.1, 0.15) is 6.10 Å². The quantitative estimate of drug-likeness (QED) is 0.452. The molecule has 3 aliphatic rings. The molecule has 0 radical (unpaired) electrons. The van der Waals surface area contributed by atoms with Crippen LogP contribution in [0.2, 0.25) is 0 Å². The zero-order valence-electron chi connectivity index (χ0n) is 17.2. The maximum atomic E-state index is 11.9. The van der Waals surface area contributed by atoms with E-state index in [-0.39, 0.29) is 35.6 Å². The Bertz CT molecular complexity index is 579. The molecule has 2 fully saturated rings. The predicted molar refractivity (Wildman–Crippen MR) is 102 cm³/mol. The monoisotopic (exact) mass is 364 g/mol. The summed E-state index contributed by atoms with van der Waals surface area (Å²) in [6.45, 7) is 12.3. The molecule has 4 nitrogen and oxygen atoms in total. The van der Waals surface area contributed by atoms with Crippen LogP contribution < -0.4 is 0 Å². The Balaban J connectivity index is 2.05. The van der Waals surface area contributed by atoms with E-state index in [9.17, 15) is 9.90 Å². The van der Waals surface area contributed by atoms with Gasteiger partial charge >= 0.3 is 5.97 Å². The Morgan fingerprint density at radius 2 is 2.04 bits per heavy atom. The number of carbonyl (C=O) groups excluding carboxylic acids is 1. The molecule has 7 atom stereocenters. The van der Waals surface area contributed by atoms with Crippen molar-refractivity contribution >= 4 is 5.97 Å². The molecule has 3 rings (SSSR count). The molecule has 0 bridgehead atoms. The number of fused-ring (bicyclic) bond motifs is 2. The minimum atomic E-state index is -0.840. The third-order valence-electron chi connectivity index (χ3n) is 7.10. The molecule has 1 saturated heterocycles. The second kappa shape index (κ2) is 6.94. The maximum absolute atomic E-state index is 11.9.